The van der Waals surface area contributed by atoms with Crippen LogP contribution >= 0.6 is 23.1 Å². The van der Waals surface area contributed by atoms with Gasteiger partial charge in [0.1, 0.15) is 5.82 Å². The number of piperidine rings is 2. The van der Waals surface area contributed by atoms with Crippen LogP contribution in [0.25, 0.3) is 0 Å². The molecule has 2 aromatic heterocycles. The number of β-amino-alcohol motifs (C(OH)–C–C–N with tert-alkyl or cyclic N) is 1. The first-order valence-corrected chi connectivity index (χ1v) is 11.7. The molecule has 4 rings (SSSR count). The SMILES string of the molecule is Cc1nc(SCC(=O)N2CCC3(CC2)CC(O)CN(Cc2ccsc2)C3)n[nH]1. The number of likely N-dealkylation sites (tertiary alicyclic amines) is 2. The maximum absolute atomic E-state index is 12.6. The van der Waals surface area contributed by atoms with Gasteiger partial charge in [-0.3, -0.25) is 14.8 Å². The molecule has 9 heteroatoms. The van der Waals surface area contributed by atoms with Crippen LogP contribution in [0.1, 0.15) is 30.7 Å². The third-order valence-electron chi connectivity index (χ3n) is 5.76. The molecule has 28 heavy (non-hydrogen) atoms. The number of hydrogen-bond acceptors (Lipinski definition) is 7. The molecule has 2 aromatic rings. The van der Waals surface area contributed by atoms with Crippen molar-refractivity contribution in [2.45, 2.75) is 44.0 Å². The number of aromatic nitrogens is 3. The molecule has 152 valence electrons. The number of nitrogens with one attached hydrogen (secondary N) is 1. The Hall–Kier alpha value is -1.42. The van der Waals surface area contributed by atoms with E-state index in [1.807, 2.05) is 11.8 Å². The van der Waals surface area contributed by atoms with Gasteiger partial charge in [0.15, 0.2) is 0 Å². The van der Waals surface area contributed by atoms with E-state index in [2.05, 4.69) is 36.9 Å². The number of carbonyl (C=O) groups is 1. The topological polar surface area (TPSA) is 85.3 Å². The van der Waals surface area contributed by atoms with E-state index in [0.29, 0.717) is 10.9 Å². The van der Waals surface area contributed by atoms with Crippen LogP contribution in [-0.4, -0.2) is 74.0 Å². The number of carbonyl (C=O) groups excluding carboxylic acids is 1. The lowest BCUT2D eigenvalue weighted by atomic mass is 9.71. The minimum Gasteiger partial charge on any atom is -0.392 e. The second kappa shape index (κ2) is 8.52. The third kappa shape index (κ3) is 4.76. The predicted molar refractivity (Wildman–Crippen MR) is 110 cm³/mol. The first kappa shape index (κ1) is 19.9. The van der Waals surface area contributed by atoms with Crippen molar-refractivity contribution in [3.63, 3.8) is 0 Å². The van der Waals surface area contributed by atoms with E-state index in [0.717, 1.165) is 57.8 Å². The van der Waals surface area contributed by atoms with Crippen LogP contribution in [0.3, 0.4) is 0 Å². The number of thioether (sulfide) groups is 1. The van der Waals surface area contributed by atoms with Crippen LogP contribution in [0.4, 0.5) is 0 Å². The molecule has 2 aliphatic rings. The third-order valence-corrected chi connectivity index (χ3v) is 7.33. The highest BCUT2D eigenvalue weighted by molar-refractivity contribution is 7.99. The molecule has 0 aromatic carbocycles. The van der Waals surface area contributed by atoms with Crippen molar-refractivity contribution in [2.75, 3.05) is 31.9 Å². The van der Waals surface area contributed by atoms with E-state index in [9.17, 15) is 9.90 Å². The molecule has 2 saturated heterocycles. The van der Waals surface area contributed by atoms with Gasteiger partial charge < -0.3 is 10.0 Å². The predicted octanol–water partition coefficient (Wildman–Crippen LogP) is 2.14. The molecular formula is C19H27N5O2S2. The van der Waals surface area contributed by atoms with E-state index < -0.39 is 0 Å². The molecule has 1 amide bonds. The molecule has 0 aliphatic carbocycles. The quantitative estimate of drug-likeness (QED) is 0.720. The van der Waals surface area contributed by atoms with E-state index in [1.54, 1.807) is 11.3 Å². The first-order valence-electron chi connectivity index (χ1n) is 9.72. The Bertz CT molecular complexity index is 786. The Kier molecular flexibility index (Phi) is 6.05. The lowest BCUT2D eigenvalue weighted by Gasteiger charge is -2.49. The van der Waals surface area contributed by atoms with E-state index in [1.165, 1.54) is 17.3 Å². The molecule has 0 radical (unpaired) electrons. The summed E-state index contributed by atoms with van der Waals surface area (Å²) in [4.78, 5) is 21.2. The summed E-state index contributed by atoms with van der Waals surface area (Å²) in [7, 11) is 0. The maximum atomic E-state index is 12.6. The van der Waals surface area contributed by atoms with Crippen LogP contribution in [-0.2, 0) is 11.3 Å². The summed E-state index contributed by atoms with van der Waals surface area (Å²) < 4.78 is 0. The van der Waals surface area contributed by atoms with Crippen molar-refractivity contribution >= 4 is 29.0 Å². The fraction of sp³-hybridized carbons (Fsp3) is 0.632. The van der Waals surface area contributed by atoms with Crippen molar-refractivity contribution < 1.29 is 9.90 Å². The molecule has 0 bridgehead atoms. The van der Waals surface area contributed by atoms with Gasteiger partial charge in [-0.15, -0.1) is 5.10 Å². The molecule has 2 aliphatic heterocycles. The maximum Gasteiger partial charge on any atom is 0.233 e. The molecule has 2 fully saturated rings. The summed E-state index contributed by atoms with van der Waals surface area (Å²) in [5, 5.41) is 22.3. The van der Waals surface area contributed by atoms with Crippen molar-refractivity contribution in [1.29, 1.82) is 0 Å². The molecule has 2 N–H and O–H groups in total. The van der Waals surface area contributed by atoms with E-state index in [-0.39, 0.29) is 17.4 Å². The number of aromatic amines is 1. The van der Waals surface area contributed by atoms with Gasteiger partial charge in [-0.25, -0.2) is 4.98 Å². The normalized spacial score (nSPS) is 22.6. The summed E-state index contributed by atoms with van der Waals surface area (Å²) in [5.41, 5.74) is 1.44. The smallest absolute Gasteiger partial charge is 0.233 e. The Morgan fingerprint density at radius 1 is 1.46 bits per heavy atom. The fourth-order valence-corrected chi connectivity index (χ4v) is 5.83. The van der Waals surface area contributed by atoms with Crippen LogP contribution in [0, 0.1) is 12.3 Å². The number of aliphatic hydroxyl groups is 1. The van der Waals surface area contributed by atoms with Crippen molar-refractivity contribution in [2.24, 2.45) is 5.41 Å². The monoisotopic (exact) mass is 421 g/mol. The molecule has 1 atom stereocenters. The Balaban J connectivity index is 1.29. The van der Waals surface area contributed by atoms with Crippen LogP contribution in [0.15, 0.2) is 22.0 Å². The van der Waals surface area contributed by atoms with Gasteiger partial charge >= 0.3 is 0 Å². The lowest BCUT2D eigenvalue weighted by molar-refractivity contribution is -0.132. The minimum atomic E-state index is -0.279. The van der Waals surface area contributed by atoms with Crippen LogP contribution in [0.2, 0.25) is 0 Å². The molecule has 0 saturated carbocycles. The summed E-state index contributed by atoms with van der Waals surface area (Å²) in [6, 6.07) is 2.16. The summed E-state index contributed by atoms with van der Waals surface area (Å²) >= 11 is 3.10. The van der Waals surface area contributed by atoms with Gasteiger partial charge in [0.25, 0.3) is 0 Å². The fourth-order valence-electron chi connectivity index (χ4n) is 4.42. The number of amides is 1. The van der Waals surface area contributed by atoms with Crippen molar-refractivity contribution in [3.05, 3.63) is 28.2 Å². The van der Waals surface area contributed by atoms with Gasteiger partial charge in [-0.1, -0.05) is 11.8 Å². The summed E-state index contributed by atoms with van der Waals surface area (Å²) in [5.74, 6) is 1.28. The molecule has 1 spiro atoms. The largest absolute Gasteiger partial charge is 0.392 e. The van der Waals surface area contributed by atoms with Gasteiger partial charge in [-0.2, -0.15) is 11.3 Å². The highest BCUT2D eigenvalue weighted by atomic mass is 32.2. The molecule has 7 nitrogen and oxygen atoms in total. The number of H-pyrrole nitrogens is 1. The average Bonchev–Trinajstić information content (AvgIpc) is 3.31. The van der Waals surface area contributed by atoms with E-state index in [4.69, 9.17) is 0 Å². The lowest BCUT2D eigenvalue weighted by Crippen LogP contribution is -2.54. The zero-order valence-electron chi connectivity index (χ0n) is 16.1. The number of hydrogen-bond donors (Lipinski definition) is 2. The number of aliphatic hydroxyl groups excluding tert-OH is 1. The van der Waals surface area contributed by atoms with E-state index >= 15 is 0 Å². The van der Waals surface area contributed by atoms with Gasteiger partial charge in [0, 0.05) is 32.7 Å². The minimum absolute atomic E-state index is 0.123. The zero-order chi connectivity index (χ0) is 19.6. The first-order chi connectivity index (χ1) is 13.5. The van der Waals surface area contributed by atoms with Crippen molar-refractivity contribution in [3.8, 4) is 0 Å². The number of rotatable bonds is 5. The summed E-state index contributed by atoms with van der Waals surface area (Å²) in [6.45, 7) is 6.04. The zero-order valence-corrected chi connectivity index (χ0v) is 17.8. The van der Waals surface area contributed by atoms with Gasteiger partial charge in [0.2, 0.25) is 11.1 Å². The highest BCUT2D eigenvalue weighted by Crippen LogP contribution is 2.40. The number of nitrogens with zero attached hydrogens (tertiary/aromatic N) is 4. The van der Waals surface area contributed by atoms with Crippen LogP contribution in [0.5, 0.6) is 0 Å². The Labute approximate surface area is 173 Å². The van der Waals surface area contributed by atoms with Gasteiger partial charge in [0.05, 0.1) is 11.9 Å². The van der Waals surface area contributed by atoms with Crippen molar-refractivity contribution in [1.82, 2.24) is 25.0 Å². The molecule has 1 unspecified atom stereocenters. The average molecular weight is 422 g/mol. The number of aryl methyl sites for hydroxylation is 1. The summed E-state index contributed by atoms with van der Waals surface area (Å²) in [6.07, 6.45) is 2.49. The second-order valence-electron chi connectivity index (χ2n) is 8.03. The van der Waals surface area contributed by atoms with Gasteiger partial charge in [-0.05, 0) is 54.0 Å². The number of thiophene rings is 1. The standard InChI is InChI=1S/C19H27N5O2S2/c1-14-20-18(22-21-14)28-12-17(26)24-5-3-19(4-6-24)8-16(25)10-23(13-19)9-15-2-7-27-11-15/h2,7,11,16,25H,3-6,8-10,12-13H2,1H3,(H,20,21,22). The second-order valence-corrected chi connectivity index (χ2v) is 9.75. The molecular weight excluding hydrogens is 394 g/mol. The highest BCUT2D eigenvalue weighted by Gasteiger charge is 2.42. The Morgan fingerprint density at radius 3 is 2.96 bits per heavy atom. The Morgan fingerprint density at radius 2 is 2.29 bits per heavy atom. The molecule has 4 heterocycles. The van der Waals surface area contributed by atoms with Crippen LogP contribution < -0.4 is 0 Å².